The van der Waals surface area contributed by atoms with Crippen molar-refractivity contribution in [3.05, 3.63) is 88.3 Å². The highest BCUT2D eigenvalue weighted by atomic mass is 19.1. The van der Waals surface area contributed by atoms with Crippen molar-refractivity contribution < 1.29 is 28.5 Å². The van der Waals surface area contributed by atoms with Crippen LogP contribution in [0.4, 0.5) is 4.39 Å². The van der Waals surface area contributed by atoms with Crippen LogP contribution in [0.3, 0.4) is 0 Å². The predicted octanol–water partition coefficient (Wildman–Crippen LogP) is 7.57. The van der Waals surface area contributed by atoms with Gasteiger partial charge < -0.3 is 19.3 Å². The van der Waals surface area contributed by atoms with Crippen molar-refractivity contribution in [1.82, 2.24) is 0 Å². The summed E-state index contributed by atoms with van der Waals surface area (Å²) in [4.78, 5) is 11.1. The maximum atomic E-state index is 15.3. The van der Waals surface area contributed by atoms with Gasteiger partial charge in [-0.15, -0.1) is 0 Å². The van der Waals surface area contributed by atoms with Gasteiger partial charge in [0.15, 0.2) is 0 Å². The molecule has 206 valence electrons. The van der Waals surface area contributed by atoms with Crippen LogP contribution >= 0.6 is 0 Å². The van der Waals surface area contributed by atoms with Gasteiger partial charge in [0.05, 0.1) is 13.0 Å². The third-order valence-electron chi connectivity index (χ3n) is 8.17. The number of carbonyl (C=O) groups is 1. The molecule has 5 rings (SSSR count). The van der Waals surface area contributed by atoms with Gasteiger partial charge in [-0.05, 0) is 91.8 Å². The number of aryl methyl sites for hydroxylation is 2. The number of rotatable bonds is 6. The summed E-state index contributed by atoms with van der Waals surface area (Å²) in [5.41, 5.74) is 7.34. The molecule has 2 atom stereocenters. The van der Waals surface area contributed by atoms with Gasteiger partial charge in [-0.2, -0.15) is 0 Å². The summed E-state index contributed by atoms with van der Waals surface area (Å²) in [5, 5.41) is 9.15. The topological polar surface area (TPSA) is 65.0 Å². The zero-order valence-corrected chi connectivity index (χ0v) is 22.8. The maximum absolute atomic E-state index is 15.3. The van der Waals surface area contributed by atoms with Crippen LogP contribution in [0.1, 0.15) is 78.2 Å². The summed E-state index contributed by atoms with van der Waals surface area (Å²) in [7, 11) is 0. The second-order valence-electron chi connectivity index (χ2n) is 11.0. The van der Waals surface area contributed by atoms with Crippen LogP contribution in [-0.4, -0.2) is 37.0 Å². The van der Waals surface area contributed by atoms with Crippen LogP contribution in [0.2, 0.25) is 0 Å². The lowest BCUT2D eigenvalue weighted by atomic mass is 9.85. The zero-order valence-electron chi connectivity index (χ0n) is 22.8. The maximum Gasteiger partial charge on any atom is 0.304 e. The first kappa shape index (κ1) is 27.2. The van der Waals surface area contributed by atoms with Crippen LogP contribution in [-0.2, 0) is 9.53 Å². The lowest BCUT2D eigenvalue weighted by molar-refractivity contribution is -0.137. The summed E-state index contributed by atoms with van der Waals surface area (Å²) in [6.45, 7) is 10.3. The third-order valence-corrected chi connectivity index (χ3v) is 8.17. The Balaban J connectivity index is 1.31. The monoisotopic (exact) mass is 532 g/mol. The van der Waals surface area contributed by atoms with E-state index >= 15 is 4.39 Å². The van der Waals surface area contributed by atoms with Crippen molar-refractivity contribution in [2.24, 2.45) is 0 Å². The summed E-state index contributed by atoms with van der Waals surface area (Å²) < 4.78 is 32.8. The Labute approximate surface area is 230 Å². The number of hydrogen-bond donors (Lipinski definition) is 1. The molecule has 1 saturated heterocycles. The van der Waals surface area contributed by atoms with Crippen LogP contribution in [0.5, 0.6) is 11.5 Å². The lowest BCUT2D eigenvalue weighted by Crippen LogP contribution is -2.19. The molecule has 2 aliphatic heterocycles. The highest BCUT2D eigenvalue weighted by Crippen LogP contribution is 2.40. The Bertz CT molecular complexity index is 1290. The lowest BCUT2D eigenvalue weighted by Gasteiger charge is -2.25. The molecule has 0 spiro atoms. The first-order valence-electron chi connectivity index (χ1n) is 13.9. The number of hydrogen-bond acceptors (Lipinski definition) is 4. The number of carboxylic acids is 1. The summed E-state index contributed by atoms with van der Waals surface area (Å²) >= 11 is 0. The van der Waals surface area contributed by atoms with E-state index in [9.17, 15) is 4.79 Å². The minimum absolute atomic E-state index is 0.0230. The third kappa shape index (κ3) is 6.11. The van der Waals surface area contributed by atoms with E-state index in [2.05, 4.69) is 32.6 Å². The first-order valence-corrected chi connectivity index (χ1v) is 13.9. The summed E-state index contributed by atoms with van der Waals surface area (Å²) in [6.07, 6.45) is 7.28. The molecule has 0 unspecified atom stereocenters. The van der Waals surface area contributed by atoms with Gasteiger partial charge in [-0.3, -0.25) is 4.79 Å². The van der Waals surface area contributed by atoms with Crippen molar-refractivity contribution in [2.45, 2.75) is 70.3 Å². The molecule has 0 amide bonds. The number of allylic oxidation sites excluding steroid dienone is 3. The Morgan fingerprint density at radius 1 is 1.10 bits per heavy atom. The van der Waals surface area contributed by atoms with Gasteiger partial charge in [-0.25, -0.2) is 4.39 Å². The highest BCUT2D eigenvalue weighted by Gasteiger charge is 2.28. The molecule has 5 nitrogen and oxygen atoms in total. The van der Waals surface area contributed by atoms with Gasteiger partial charge >= 0.3 is 5.97 Å². The second-order valence-corrected chi connectivity index (χ2v) is 11.0. The molecule has 39 heavy (non-hydrogen) atoms. The fourth-order valence-electron chi connectivity index (χ4n) is 6.15. The second kappa shape index (κ2) is 11.8. The number of halogens is 1. The average Bonchev–Trinajstić information content (AvgIpc) is 3.32. The largest absolute Gasteiger partial charge is 0.492 e. The molecule has 0 saturated carbocycles. The zero-order chi connectivity index (χ0) is 27.5. The van der Waals surface area contributed by atoms with Gasteiger partial charge in [0.1, 0.15) is 23.4 Å². The van der Waals surface area contributed by atoms with Crippen molar-refractivity contribution in [2.75, 3.05) is 19.8 Å². The van der Waals surface area contributed by atoms with E-state index in [-0.39, 0.29) is 18.2 Å². The normalized spacial score (nSPS) is 24.7. The Morgan fingerprint density at radius 3 is 2.56 bits per heavy atom. The number of carboxylic acid groups (broad SMARTS) is 1. The Morgan fingerprint density at radius 2 is 1.85 bits per heavy atom. The number of benzene rings is 2. The molecular weight excluding hydrogens is 495 g/mol. The van der Waals surface area contributed by atoms with Crippen LogP contribution in [0.25, 0.3) is 5.57 Å². The van der Waals surface area contributed by atoms with Crippen molar-refractivity contribution >= 4 is 11.5 Å². The van der Waals surface area contributed by atoms with E-state index in [0.29, 0.717) is 36.0 Å². The number of fused-ring (bicyclic) bond motifs is 1. The van der Waals surface area contributed by atoms with Crippen LogP contribution in [0.15, 0.2) is 60.5 Å². The first-order chi connectivity index (χ1) is 18.8. The Kier molecular flexibility index (Phi) is 8.22. The summed E-state index contributed by atoms with van der Waals surface area (Å²) in [6, 6.07) is 10.0. The molecule has 1 aliphatic carbocycles. The molecule has 2 aromatic rings. The van der Waals surface area contributed by atoms with E-state index in [1.165, 1.54) is 28.3 Å². The van der Waals surface area contributed by atoms with Gasteiger partial charge in [0.25, 0.3) is 0 Å². The average molecular weight is 533 g/mol. The molecular formula is C33H37FO5. The number of ether oxygens (including phenoxy) is 3. The van der Waals surface area contributed by atoms with Gasteiger partial charge in [-0.1, -0.05) is 30.9 Å². The van der Waals surface area contributed by atoms with Crippen molar-refractivity contribution in [3.63, 3.8) is 0 Å². The van der Waals surface area contributed by atoms with Crippen molar-refractivity contribution in [1.29, 1.82) is 0 Å². The van der Waals surface area contributed by atoms with E-state index < -0.39 is 12.1 Å². The molecule has 0 radical (unpaired) electrons. The SMILES string of the molecule is C=C1/C(F)=C\C=C(\c2c(C)cc(C3CCOCC3)cc2C)CCC[C@H]1Oc1ccc2c(c1)OC[C@H]2CC(=O)O. The highest BCUT2D eigenvalue weighted by molar-refractivity contribution is 5.73. The predicted molar refractivity (Wildman–Crippen MR) is 150 cm³/mol. The minimum Gasteiger partial charge on any atom is -0.492 e. The molecule has 2 aromatic carbocycles. The van der Waals surface area contributed by atoms with E-state index in [1.807, 2.05) is 12.1 Å². The Hall–Kier alpha value is -3.38. The molecule has 0 aromatic heterocycles. The number of aliphatic carboxylic acids is 1. The fraction of sp³-hybridized carbons (Fsp3) is 0.424. The smallest absolute Gasteiger partial charge is 0.304 e. The van der Waals surface area contributed by atoms with Gasteiger partial charge in [0.2, 0.25) is 0 Å². The van der Waals surface area contributed by atoms with E-state index in [0.717, 1.165) is 50.0 Å². The van der Waals surface area contributed by atoms with E-state index in [1.54, 1.807) is 12.1 Å². The molecule has 0 bridgehead atoms. The quantitative estimate of drug-likeness (QED) is 0.416. The van der Waals surface area contributed by atoms with E-state index in [4.69, 9.17) is 19.3 Å². The molecule has 1 N–H and O–H groups in total. The molecule has 1 fully saturated rings. The molecule has 6 heteroatoms. The van der Waals surface area contributed by atoms with Gasteiger partial charge in [0, 0.05) is 36.3 Å². The molecule has 3 aliphatic rings. The summed E-state index contributed by atoms with van der Waals surface area (Å²) in [5.74, 6) is 0.316. The standard InChI is InChI=1S/C33H37FO5/c1-20-15-25(23-11-13-37-14-12-23)16-21(2)33(20)24-5-4-6-30(22(3)29(34)10-7-24)39-27-8-9-28-26(17-32(35)36)19-38-31(28)18-27/h7-10,15-16,18,23,26,30H,3-6,11-14,17,19H2,1-2H3,(H,35,36)/b24-7+,29-10+/t26-,30-/m1/s1. The van der Waals surface area contributed by atoms with Crippen molar-refractivity contribution in [3.8, 4) is 11.5 Å². The fourth-order valence-corrected chi connectivity index (χ4v) is 6.15. The van der Waals surface area contributed by atoms with Crippen LogP contribution < -0.4 is 9.47 Å². The van der Waals surface area contributed by atoms with Crippen LogP contribution in [0, 0.1) is 13.8 Å². The molecule has 2 heterocycles. The minimum atomic E-state index is -0.852.